The number of nitrogen functional groups attached to an aromatic ring is 1. The van der Waals surface area contributed by atoms with Crippen LogP contribution in [-0.4, -0.2) is 38.7 Å². The number of carbonyl (C=O) groups excluding carboxylic acids is 1. The lowest BCUT2D eigenvalue weighted by Gasteiger charge is -2.26. The Morgan fingerprint density at radius 3 is 2.71 bits per heavy atom. The van der Waals surface area contributed by atoms with Crippen LogP contribution in [0.15, 0.2) is 42.7 Å². The number of amides is 1. The molecule has 108 valence electrons. The fourth-order valence-corrected chi connectivity index (χ4v) is 2.43. The Balaban J connectivity index is 1.62. The zero-order valence-electron chi connectivity index (χ0n) is 11.6. The normalized spacial score (nSPS) is 14.9. The lowest BCUT2D eigenvalue weighted by Crippen LogP contribution is -2.37. The van der Waals surface area contributed by atoms with E-state index in [9.17, 15) is 4.79 Å². The summed E-state index contributed by atoms with van der Waals surface area (Å²) in [5.74, 6) is 0.218. The van der Waals surface area contributed by atoms with Crippen molar-refractivity contribution in [2.24, 2.45) is 0 Å². The smallest absolute Gasteiger partial charge is 0.244 e. The van der Waals surface area contributed by atoms with Crippen molar-refractivity contribution in [2.75, 3.05) is 18.8 Å². The van der Waals surface area contributed by atoms with Crippen LogP contribution < -0.4 is 5.73 Å². The third-order valence-corrected chi connectivity index (χ3v) is 3.56. The maximum Gasteiger partial charge on any atom is 0.244 e. The number of nitrogens with zero attached hydrogens (tertiary/aromatic N) is 4. The van der Waals surface area contributed by atoms with Gasteiger partial charge in [-0.3, -0.25) is 4.79 Å². The molecule has 0 aliphatic carbocycles. The average molecular weight is 283 g/mol. The van der Waals surface area contributed by atoms with Crippen molar-refractivity contribution in [3.8, 4) is 0 Å². The van der Waals surface area contributed by atoms with Gasteiger partial charge in [-0.2, -0.15) is 0 Å². The lowest BCUT2D eigenvalue weighted by molar-refractivity contribution is -0.131. The molecule has 1 aliphatic rings. The van der Waals surface area contributed by atoms with Gasteiger partial charge in [-0.15, -0.1) is 5.10 Å². The molecule has 1 aromatic heterocycles. The molecule has 2 heterocycles. The third-order valence-electron chi connectivity index (χ3n) is 3.56. The molecule has 0 spiro atoms. The lowest BCUT2D eigenvalue weighted by atomic mass is 9.99. The second-order valence-corrected chi connectivity index (χ2v) is 4.99. The van der Waals surface area contributed by atoms with Crippen molar-refractivity contribution in [1.29, 1.82) is 0 Å². The van der Waals surface area contributed by atoms with Crippen molar-refractivity contribution < 1.29 is 4.79 Å². The van der Waals surface area contributed by atoms with Gasteiger partial charge in [0.1, 0.15) is 12.9 Å². The molecule has 2 N–H and O–H groups in total. The largest absolute Gasteiger partial charge is 0.367 e. The second kappa shape index (κ2) is 5.78. The summed E-state index contributed by atoms with van der Waals surface area (Å²) in [7, 11) is 0. The highest BCUT2D eigenvalue weighted by atomic mass is 16.2. The van der Waals surface area contributed by atoms with Gasteiger partial charge in [-0.05, 0) is 17.6 Å². The van der Waals surface area contributed by atoms with Gasteiger partial charge in [-0.25, -0.2) is 9.67 Å². The zero-order chi connectivity index (χ0) is 14.7. The molecule has 0 saturated heterocycles. The van der Waals surface area contributed by atoms with E-state index in [2.05, 4.69) is 28.3 Å². The first-order valence-corrected chi connectivity index (χ1v) is 6.89. The number of rotatable bonds is 3. The number of hydrogen-bond acceptors (Lipinski definition) is 4. The summed E-state index contributed by atoms with van der Waals surface area (Å²) < 4.78 is 1.47. The first-order valence-electron chi connectivity index (χ1n) is 6.89. The van der Waals surface area contributed by atoms with E-state index < -0.39 is 0 Å². The summed E-state index contributed by atoms with van der Waals surface area (Å²) in [6.45, 7) is 1.54. The molecule has 0 fully saturated rings. The number of hydrogen-bond donors (Lipinski definition) is 1. The Morgan fingerprint density at radius 1 is 1.29 bits per heavy atom. The highest BCUT2D eigenvalue weighted by Gasteiger charge is 2.18. The van der Waals surface area contributed by atoms with Gasteiger partial charge in [0.05, 0.1) is 0 Å². The first kappa shape index (κ1) is 13.4. The van der Waals surface area contributed by atoms with Gasteiger partial charge in [-0.1, -0.05) is 36.4 Å². The molecule has 1 aliphatic heterocycles. The van der Waals surface area contributed by atoms with Crippen LogP contribution in [0.3, 0.4) is 0 Å². The molecule has 3 rings (SSSR count). The molecule has 2 aromatic rings. The fraction of sp³-hybridized carbons (Fsp3) is 0.267. The van der Waals surface area contributed by atoms with E-state index in [-0.39, 0.29) is 18.4 Å². The van der Waals surface area contributed by atoms with Gasteiger partial charge >= 0.3 is 0 Å². The summed E-state index contributed by atoms with van der Waals surface area (Å²) in [5, 5.41) is 3.93. The van der Waals surface area contributed by atoms with Crippen LogP contribution in [0.5, 0.6) is 0 Å². The molecule has 0 bridgehead atoms. The monoisotopic (exact) mass is 283 g/mol. The summed E-state index contributed by atoms with van der Waals surface area (Å²) in [4.78, 5) is 17.8. The molecule has 1 amide bonds. The number of anilines is 1. The van der Waals surface area contributed by atoms with Crippen molar-refractivity contribution in [1.82, 2.24) is 19.7 Å². The molecule has 21 heavy (non-hydrogen) atoms. The Morgan fingerprint density at radius 2 is 2.10 bits per heavy atom. The highest BCUT2D eigenvalue weighted by Crippen LogP contribution is 2.22. The molecule has 0 radical (unpaired) electrons. The van der Waals surface area contributed by atoms with Crippen molar-refractivity contribution in [3.05, 3.63) is 48.3 Å². The number of aromatic nitrogens is 3. The highest BCUT2D eigenvalue weighted by molar-refractivity contribution is 5.78. The van der Waals surface area contributed by atoms with E-state index in [1.807, 2.05) is 23.1 Å². The number of carbonyl (C=O) groups is 1. The van der Waals surface area contributed by atoms with Gasteiger partial charge in [0.15, 0.2) is 0 Å². The summed E-state index contributed by atoms with van der Waals surface area (Å²) in [6.07, 6.45) is 4.46. The molecule has 1 aromatic carbocycles. The van der Waals surface area contributed by atoms with E-state index in [4.69, 9.17) is 5.73 Å². The van der Waals surface area contributed by atoms with Crippen LogP contribution in [-0.2, 0) is 11.3 Å². The van der Waals surface area contributed by atoms with Gasteiger partial charge < -0.3 is 10.6 Å². The van der Waals surface area contributed by atoms with E-state index in [1.54, 1.807) is 0 Å². The zero-order valence-corrected chi connectivity index (χ0v) is 11.6. The Hall–Kier alpha value is -2.63. The van der Waals surface area contributed by atoms with Crippen LogP contribution in [0.4, 0.5) is 5.95 Å². The van der Waals surface area contributed by atoms with Crippen LogP contribution in [0.2, 0.25) is 0 Å². The predicted octanol–water partition coefficient (Wildman–Crippen LogP) is 1.18. The molecular formula is C15H17N5O. The number of benzene rings is 1. The quantitative estimate of drug-likeness (QED) is 0.917. The Kier molecular flexibility index (Phi) is 3.68. The first-order chi connectivity index (χ1) is 10.2. The maximum atomic E-state index is 12.2. The Labute approximate surface area is 122 Å². The van der Waals surface area contributed by atoms with Gasteiger partial charge in [0.25, 0.3) is 0 Å². The molecule has 0 atom stereocenters. The maximum absolute atomic E-state index is 12.2. The van der Waals surface area contributed by atoms with Crippen molar-refractivity contribution in [3.63, 3.8) is 0 Å². The van der Waals surface area contributed by atoms with Crippen LogP contribution in [0, 0.1) is 0 Å². The molecule has 0 unspecified atom stereocenters. The minimum Gasteiger partial charge on any atom is -0.367 e. The SMILES string of the molecule is Nc1ncn(CC(=O)N2CC=C(c3ccccc3)CC2)n1. The predicted molar refractivity (Wildman–Crippen MR) is 80.1 cm³/mol. The minimum atomic E-state index is 0.0308. The van der Waals surface area contributed by atoms with E-state index >= 15 is 0 Å². The van der Waals surface area contributed by atoms with Crippen LogP contribution in [0.1, 0.15) is 12.0 Å². The summed E-state index contributed by atoms with van der Waals surface area (Å²) in [5.41, 5.74) is 7.96. The van der Waals surface area contributed by atoms with E-state index in [1.165, 1.54) is 22.1 Å². The van der Waals surface area contributed by atoms with Gasteiger partial charge in [0, 0.05) is 13.1 Å². The molecule has 6 heteroatoms. The minimum absolute atomic E-state index is 0.0308. The van der Waals surface area contributed by atoms with Crippen LogP contribution >= 0.6 is 0 Å². The standard InChI is InChI=1S/C15H17N5O/c16-15-17-11-20(18-15)10-14(21)19-8-6-13(7-9-19)12-4-2-1-3-5-12/h1-6,11H,7-10H2,(H2,16,18). The second-order valence-electron chi connectivity index (χ2n) is 4.99. The molecule has 0 saturated carbocycles. The van der Waals surface area contributed by atoms with E-state index in [0.29, 0.717) is 6.54 Å². The van der Waals surface area contributed by atoms with Crippen LogP contribution in [0.25, 0.3) is 5.57 Å². The van der Waals surface area contributed by atoms with Gasteiger partial charge in [0.2, 0.25) is 11.9 Å². The Bertz CT molecular complexity index is 662. The number of nitrogens with two attached hydrogens (primary N) is 1. The topological polar surface area (TPSA) is 77.0 Å². The average Bonchev–Trinajstić information content (AvgIpc) is 2.93. The van der Waals surface area contributed by atoms with Crippen molar-refractivity contribution in [2.45, 2.75) is 13.0 Å². The fourth-order valence-electron chi connectivity index (χ4n) is 2.43. The molecular weight excluding hydrogens is 266 g/mol. The summed E-state index contributed by atoms with van der Waals surface area (Å²) in [6, 6.07) is 10.3. The summed E-state index contributed by atoms with van der Waals surface area (Å²) >= 11 is 0. The molecule has 6 nitrogen and oxygen atoms in total. The third kappa shape index (κ3) is 3.10. The van der Waals surface area contributed by atoms with E-state index in [0.717, 1.165) is 13.0 Å². The van der Waals surface area contributed by atoms with Crippen molar-refractivity contribution >= 4 is 17.4 Å².